The van der Waals surface area contributed by atoms with Crippen LogP contribution in [0.25, 0.3) is 0 Å². The minimum absolute atomic E-state index is 0.595. The second-order valence-corrected chi connectivity index (χ2v) is 5.49. The normalized spacial score (nSPS) is 14.9. The summed E-state index contributed by atoms with van der Waals surface area (Å²) in [6, 6.07) is 5.07. The van der Waals surface area contributed by atoms with Crippen LogP contribution in [-0.4, -0.2) is 12.2 Å². The number of halogens is 4. The molecule has 0 aliphatic carbocycles. The fourth-order valence-corrected chi connectivity index (χ4v) is 1.83. The van der Waals surface area contributed by atoms with Crippen molar-refractivity contribution < 1.29 is 13.2 Å². The zero-order valence-electron chi connectivity index (χ0n) is 8.98. The molecule has 5 heteroatoms. The van der Waals surface area contributed by atoms with Crippen LogP contribution in [0.4, 0.5) is 13.2 Å². The first-order valence-electron chi connectivity index (χ1n) is 4.74. The molecule has 1 aromatic rings. The maximum Gasteiger partial charge on any atom is 0.404 e. The molecular formula is C11H13F3IN. The molecule has 0 saturated heterocycles. The van der Waals surface area contributed by atoms with E-state index in [0.29, 0.717) is 5.56 Å². The van der Waals surface area contributed by atoms with E-state index in [2.05, 4.69) is 22.6 Å². The minimum Gasteiger partial charge on any atom is -0.319 e. The van der Waals surface area contributed by atoms with Crippen LogP contribution in [0, 0.1) is 3.57 Å². The van der Waals surface area contributed by atoms with E-state index in [4.69, 9.17) is 5.73 Å². The zero-order chi connectivity index (χ0) is 12.6. The van der Waals surface area contributed by atoms with Crippen molar-refractivity contribution in [1.29, 1.82) is 0 Å². The van der Waals surface area contributed by atoms with Crippen LogP contribution < -0.4 is 5.73 Å². The topological polar surface area (TPSA) is 26.0 Å². The van der Waals surface area contributed by atoms with E-state index in [1.54, 1.807) is 24.3 Å². The van der Waals surface area contributed by atoms with Crippen LogP contribution in [0.15, 0.2) is 24.3 Å². The van der Waals surface area contributed by atoms with Crippen molar-refractivity contribution in [1.82, 2.24) is 0 Å². The molecule has 0 radical (unpaired) electrons. The van der Waals surface area contributed by atoms with Gasteiger partial charge in [-0.05, 0) is 40.3 Å². The standard InChI is InChI=1S/C11H13F3IN/c1-10(2,9(16)11(12,13)14)7-3-5-8(15)6-4-7/h3-6,9H,16H2,1-2H3. The van der Waals surface area contributed by atoms with E-state index in [9.17, 15) is 13.2 Å². The van der Waals surface area contributed by atoms with Gasteiger partial charge in [-0.15, -0.1) is 0 Å². The third-order valence-electron chi connectivity index (χ3n) is 2.72. The molecule has 1 unspecified atom stereocenters. The predicted molar refractivity (Wildman–Crippen MR) is 66.2 cm³/mol. The molecule has 16 heavy (non-hydrogen) atoms. The lowest BCUT2D eigenvalue weighted by Gasteiger charge is -2.33. The van der Waals surface area contributed by atoms with Crippen LogP contribution in [-0.2, 0) is 5.41 Å². The third kappa shape index (κ3) is 2.88. The second kappa shape index (κ2) is 4.52. The molecule has 0 fully saturated rings. The third-order valence-corrected chi connectivity index (χ3v) is 3.44. The summed E-state index contributed by atoms with van der Waals surface area (Å²) < 4.78 is 38.7. The average Bonchev–Trinajstić information content (AvgIpc) is 2.16. The van der Waals surface area contributed by atoms with E-state index >= 15 is 0 Å². The number of alkyl halides is 3. The molecule has 0 amide bonds. The van der Waals surface area contributed by atoms with E-state index in [1.807, 2.05) is 0 Å². The number of nitrogens with two attached hydrogens (primary N) is 1. The Morgan fingerprint density at radius 3 is 1.94 bits per heavy atom. The number of hydrogen-bond acceptors (Lipinski definition) is 1. The molecule has 0 bridgehead atoms. The molecule has 1 nitrogen and oxygen atoms in total. The van der Waals surface area contributed by atoms with Crippen molar-refractivity contribution in [3.05, 3.63) is 33.4 Å². The van der Waals surface area contributed by atoms with Gasteiger partial charge in [0.1, 0.15) is 6.04 Å². The first-order chi connectivity index (χ1) is 7.15. The molecule has 0 spiro atoms. The summed E-state index contributed by atoms with van der Waals surface area (Å²) in [7, 11) is 0. The average molecular weight is 343 g/mol. The molecule has 0 aliphatic heterocycles. The van der Waals surface area contributed by atoms with Gasteiger partial charge in [-0.3, -0.25) is 0 Å². The Kier molecular flexibility index (Phi) is 3.89. The molecule has 1 atom stereocenters. The highest BCUT2D eigenvalue weighted by Gasteiger charge is 2.47. The van der Waals surface area contributed by atoms with Gasteiger partial charge in [0, 0.05) is 8.99 Å². The summed E-state index contributed by atoms with van der Waals surface area (Å²) in [5.41, 5.74) is 4.74. The van der Waals surface area contributed by atoms with Gasteiger partial charge in [-0.25, -0.2) is 0 Å². The maximum absolute atomic E-state index is 12.6. The quantitative estimate of drug-likeness (QED) is 0.818. The van der Waals surface area contributed by atoms with Crippen molar-refractivity contribution in [3.8, 4) is 0 Å². The summed E-state index contributed by atoms with van der Waals surface area (Å²) in [4.78, 5) is 0. The second-order valence-electron chi connectivity index (χ2n) is 4.25. The smallest absolute Gasteiger partial charge is 0.319 e. The van der Waals surface area contributed by atoms with Crippen LogP contribution in [0.2, 0.25) is 0 Å². The van der Waals surface area contributed by atoms with Gasteiger partial charge in [0.2, 0.25) is 0 Å². The van der Waals surface area contributed by atoms with Crippen molar-refractivity contribution in [2.75, 3.05) is 0 Å². The molecule has 0 heterocycles. The summed E-state index contributed by atoms with van der Waals surface area (Å²) in [5.74, 6) is 0. The fraction of sp³-hybridized carbons (Fsp3) is 0.455. The van der Waals surface area contributed by atoms with Crippen LogP contribution in [0.5, 0.6) is 0 Å². The van der Waals surface area contributed by atoms with Gasteiger partial charge >= 0.3 is 6.18 Å². The van der Waals surface area contributed by atoms with Crippen molar-refractivity contribution in [3.63, 3.8) is 0 Å². The maximum atomic E-state index is 12.6. The molecule has 0 aromatic heterocycles. The molecule has 1 rings (SSSR count). The Labute approximate surface area is 106 Å². The number of benzene rings is 1. The highest BCUT2D eigenvalue weighted by molar-refractivity contribution is 14.1. The summed E-state index contributed by atoms with van der Waals surface area (Å²) in [6.07, 6.45) is -4.38. The fourth-order valence-electron chi connectivity index (χ4n) is 1.47. The molecule has 0 aliphatic rings. The highest BCUT2D eigenvalue weighted by Crippen LogP contribution is 2.35. The molecule has 0 saturated carbocycles. The summed E-state index contributed by atoms with van der Waals surface area (Å²) in [5, 5.41) is 0. The molecular weight excluding hydrogens is 330 g/mol. The Morgan fingerprint density at radius 2 is 1.56 bits per heavy atom. The van der Waals surface area contributed by atoms with Crippen molar-refractivity contribution >= 4 is 22.6 Å². The predicted octanol–water partition coefficient (Wildman–Crippen LogP) is 3.46. The van der Waals surface area contributed by atoms with E-state index in [1.165, 1.54) is 13.8 Å². The van der Waals surface area contributed by atoms with E-state index < -0.39 is 17.6 Å². The first-order valence-corrected chi connectivity index (χ1v) is 5.82. The van der Waals surface area contributed by atoms with Crippen LogP contribution in [0.1, 0.15) is 19.4 Å². The SMILES string of the molecule is CC(C)(c1ccc(I)cc1)C(N)C(F)(F)F. The lowest BCUT2D eigenvalue weighted by atomic mass is 9.78. The van der Waals surface area contributed by atoms with Gasteiger partial charge in [0.15, 0.2) is 0 Å². The van der Waals surface area contributed by atoms with Gasteiger partial charge in [-0.2, -0.15) is 13.2 Å². The minimum atomic E-state index is -4.38. The number of rotatable bonds is 2. The zero-order valence-corrected chi connectivity index (χ0v) is 11.1. The molecule has 90 valence electrons. The monoisotopic (exact) mass is 343 g/mol. The lowest BCUT2D eigenvalue weighted by Crippen LogP contribution is -2.51. The highest BCUT2D eigenvalue weighted by atomic mass is 127. The first kappa shape index (κ1) is 13.8. The molecule has 1 aromatic carbocycles. The number of hydrogen-bond donors (Lipinski definition) is 1. The van der Waals surface area contributed by atoms with Gasteiger partial charge in [0.25, 0.3) is 0 Å². The Morgan fingerprint density at radius 1 is 1.12 bits per heavy atom. The lowest BCUT2D eigenvalue weighted by molar-refractivity contribution is -0.160. The molecule has 2 N–H and O–H groups in total. The van der Waals surface area contributed by atoms with E-state index in [-0.39, 0.29) is 0 Å². The largest absolute Gasteiger partial charge is 0.404 e. The Bertz CT molecular complexity index is 356. The van der Waals surface area contributed by atoms with Gasteiger partial charge < -0.3 is 5.73 Å². The Hall–Kier alpha value is -0.300. The van der Waals surface area contributed by atoms with Crippen LogP contribution in [0.3, 0.4) is 0 Å². The van der Waals surface area contributed by atoms with Crippen LogP contribution >= 0.6 is 22.6 Å². The van der Waals surface area contributed by atoms with E-state index in [0.717, 1.165) is 3.57 Å². The van der Waals surface area contributed by atoms with Crippen molar-refractivity contribution in [2.45, 2.75) is 31.5 Å². The summed E-state index contributed by atoms with van der Waals surface area (Å²) in [6.45, 7) is 3.01. The Balaban J connectivity index is 3.06. The van der Waals surface area contributed by atoms with Gasteiger partial charge in [0.05, 0.1) is 0 Å². The van der Waals surface area contributed by atoms with Gasteiger partial charge in [-0.1, -0.05) is 26.0 Å². The summed E-state index contributed by atoms with van der Waals surface area (Å²) >= 11 is 2.10. The van der Waals surface area contributed by atoms with Crippen molar-refractivity contribution in [2.24, 2.45) is 5.73 Å².